The molecule has 0 spiro atoms. The van der Waals surface area contributed by atoms with E-state index in [9.17, 15) is 15.0 Å². The Morgan fingerprint density at radius 2 is 1.97 bits per heavy atom. The zero-order valence-electron chi connectivity index (χ0n) is 21.1. The normalized spacial score (nSPS) is 16.7. The van der Waals surface area contributed by atoms with E-state index in [0.29, 0.717) is 30.3 Å². The minimum absolute atomic E-state index is 0.107. The molecule has 4 heterocycles. The van der Waals surface area contributed by atoms with Crippen molar-refractivity contribution >= 4 is 11.9 Å². The summed E-state index contributed by atoms with van der Waals surface area (Å²) in [6, 6.07) is 8.31. The summed E-state index contributed by atoms with van der Waals surface area (Å²) in [6.07, 6.45) is 5.60. The largest absolute Gasteiger partial charge is 0.508 e. The number of phenolic OH excluding ortho intramolecular Hbond substituents is 1. The highest BCUT2D eigenvalue weighted by Crippen LogP contribution is 2.31. The molecule has 3 N–H and O–H groups in total. The lowest BCUT2D eigenvalue weighted by molar-refractivity contribution is 0.0525. The SMILES string of the molecule is CC.Cc1cnc(NC2CCOCC2)nc1-c1cc2n(c1)CCN(C(CO)c1cccc(O)c1)C2=O. The molecule has 1 amide bonds. The summed E-state index contributed by atoms with van der Waals surface area (Å²) < 4.78 is 7.37. The molecule has 9 heteroatoms. The zero-order valence-corrected chi connectivity index (χ0v) is 21.1. The maximum Gasteiger partial charge on any atom is 0.271 e. The van der Waals surface area contributed by atoms with Crippen LogP contribution in [-0.4, -0.2) is 68.0 Å². The molecule has 0 saturated carbocycles. The zero-order chi connectivity index (χ0) is 25.7. The molecule has 36 heavy (non-hydrogen) atoms. The van der Waals surface area contributed by atoms with Crippen LogP contribution in [0, 0.1) is 6.92 Å². The number of aliphatic hydroxyl groups excluding tert-OH is 1. The molecule has 1 fully saturated rings. The Hall–Kier alpha value is -3.43. The van der Waals surface area contributed by atoms with E-state index in [0.717, 1.165) is 42.9 Å². The van der Waals surface area contributed by atoms with E-state index in [-0.39, 0.29) is 24.3 Å². The predicted octanol–water partition coefficient (Wildman–Crippen LogP) is 3.77. The molecule has 2 aliphatic rings. The van der Waals surface area contributed by atoms with Gasteiger partial charge in [-0.3, -0.25) is 4.79 Å². The molecule has 1 unspecified atom stereocenters. The molecule has 1 saturated heterocycles. The second-order valence-corrected chi connectivity index (χ2v) is 8.86. The molecule has 9 nitrogen and oxygen atoms in total. The van der Waals surface area contributed by atoms with Crippen molar-refractivity contribution < 1.29 is 19.7 Å². The second kappa shape index (κ2) is 11.5. The number of nitrogens with zero attached hydrogens (tertiary/aromatic N) is 4. The first kappa shape index (κ1) is 25.7. The van der Waals surface area contributed by atoms with Crippen LogP contribution in [0.4, 0.5) is 5.95 Å². The van der Waals surface area contributed by atoms with E-state index in [1.54, 1.807) is 29.3 Å². The third kappa shape index (κ3) is 5.37. The van der Waals surface area contributed by atoms with Gasteiger partial charge >= 0.3 is 0 Å². The molecule has 0 aliphatic carbocycles. The van der Waals surface area contributed by atoms with E-state index < -0.39 is 6.04 Å². The molecule has 0 radical (unpaired) electrons. The van der Waals surface area contributed by atoms with Gasteiger partial charge in [0.25, 0.3) is 5.91 Å². The van der Waals surface area contributed by atoms with Gasteiger partial charge in [-0.25, -0.2) is 9.97 Å². The van der Waals surface area contributed by atoms with Gasteiger partial charge in [0.05, 0.1) is 18.3 Å². The predicted molar refractivity (Wildman–Crippen MR) is 138 cm³/mol. The number of carbonyl (C=O) groups is 1. The van der Waals surface area contributed by atoms with Crippen molar-refractivity contribution in [2.75, 3.05) is 31.7 Å². The number of aryl methyl sites for hydroxylation is 1. The number of anilines is 1. The van der Waals surface area contributed by atoms with Gasteiger partial charge in [-0.15, -0.1) is 0 Å². The van der Waals surface area contributed by atoms with Crippen molar-refractivity contribution in [3.05, 3.63) is 59.5 Å². The van der Waals surface area contributed by atoms with Crippen LogP contribution in [0.15, 0.2) is 42.7 Å². The second-order valence-electron chi connectivity index (χ2n) is 8.86. The summed E-state index contributed by atoms with van der Waals surface area (Å²) in [5, 5.41) is 23.3. The third-order valence-corrected chi connectivity index (χ3v) is 6.56. The van der Waals surface area contributed by atoms with Crippen LogP contribution < -0.4 is 5.32 Å². The van der Waals surface area contributed by atoms with Crippen molar-refractivity contribution in [1.82, 2.24) is 19.4 Å². The Balaban J connectivity index is 0.00000148. The van der Waals surface area contributed by atoms with Gasteiger partial charge in [0.1, 0.15) is 11.4 Å². The average Bonchev–Trinajstić information content (AvgIpc) is 3.34. The Morgan fingerprint density at radius 1 is 1.19 bits per heavy atom. The summed E-state index contributed by atoms with van der Waals surface area (Å²) in [5.74, 6) is 0.525. The highest BCUT2D eigenvalue weighted by molar-refractivity contribution is 5.95. The Bertz CT molecular complexity index is 1190. The van der Waals surface area contributed by atoms with Crippen LogP contribution in [0.25, 0.3) is 11.3 Å². The van der Waals surface area contributed by atoms with E-state index in [4.69, 9.17) is 9.72 Å². The number of carbonyl (C=O) groups excluding carboxylic acids is 1. The van der Waals surface area contributed by atoms with Gasteiger partial charge in [0.2, 0.25) is 5.95 Å². The van der Waals surface area contributed by atoms with Crippen LogP contribution in [0.1, 0.15) is 54.3 Å². The van der Waals surface area contributed by atoms with Crippen molar-refractivity contribution in [2.24, 2.45) is 0 Å². The summed E-state index contributed by atoms with van der Waals surface area (Å²) >= 11 is 0. The minimum atomic E-state index is -0.525. The first-order valence-electron chi connectivity index (χ1n) is 12.6. The van der Waals surface area contributed by atoms with Crippen molar-refractivity contribution in [1.29, 1.82) is 0 Å². The number of phenols is 1. The number of rotatable bonds is 6. The van der Waals surface area contributed by atoms with E-state index in [2.05, 4.69) is 10.3 Å². The van der Waals surface area contributed by atoms with E-state index >= 15 is 0 Å². The van der Waals surface area contributed by atoms with Gasteiger partial charge in [-0.2, -0.15) is 0 Å². The first-order chi connectivity index (χ1) is 17.5. The highest BCUT2D eigenvalue weighted by atomic mass is 16.5. The molecule has 2 aromatic heterocycles. The van der Waals surface area contributed by atoms with Gasteiger partial charge < -0.3 is 29.7 Å². The smallest absolute Gasteiger partial charge is 0.271 e. The van der Waals surface area contributed by atoms with Crippen LogP contribution >= 0.6 is 0 Å². The van der Waals surface area contributed by atoms with Crippen LogP contribution in [0.2, 0.25) is 0 Å². The fourth-order valence-corrected chi connectivity index (χ4v) is 4.71. The number of benzene rings is 1. The number of amides is 1. The topological polar surface area (TPSA) is 113 Å². The Kier molecular flexibility index (Phi) is 8.22. The molecular weight excluding hydrogens is 458 g/mol. The molecule has 0 bridgehead atoms. The molecule has 2 aliphatic heterocycles. The lowest BCUT2D eigenvalue weighted by atomic mass is 10.0. The fraction of sp³-hybridized carbons (Fsp3) is 0.444. The molecule has 1 atom stereocenters. The molecule has 1 aromatic carbocycles. The molecular formula is C27H35N5O4. The quantitative estimate of drug-likeness (QED) is 0.479. The van der Waals surface area contributed by atoms with Crippen LogP contribution in [0.3, 0.4) is 0 Å². The summed E-state index contributed by atoms with van der Waals surface area (Å²) in [4.78, 5) is 24.3. The van der Waals surface area contributed by atoms with Crippen molar-refractivity contribution in [3.63, 3.8) is 0 Å². The fourth-order valence-electron chi connectivity index (χ4n) is 4.71. The lowest BCUT2D eigenvalue weighted by Gasteiger charge is -2.34. The third-order valence-electron chi connectivity index (χ3n) is 6.56. The lowest BCUT2D eigenvalue weighted by Crippen LogP contribution is -2.43. The number of aliphatic hydroxyl groups is 1. The van der Waals surface area contributed by atoms with Crippen molar-refractivity contribution in [3.8, 4) is 17.0 Å². The number of aromatic nitrogens is 3. The molecule has 5 rings (SSSR count). The monoisotopic (exact) mass is 493 g/mol. The van der Waals surface area contributed by atoms with E-state index in [1.165, 1.54) is 0 Å². The number of aromatic hydroxyl groups is 1. The standard InChI is InChI=1S/C25H29N5O4.C2H6/c1-16-13-26-25(27-19-5-9-34-10-6-19)28-23(16)18-12-21-24(33)30(8-7-29(21)14-18)22(15-31)17-3-2-4-20(32)11-17;1-2/h2-4,11-14,19,22,31-32H,5-10,15H2,1H3,(H,26,27,28);1-2H3. The van der Waals surface area contributed by atoms with Gasteiger partial charge in [-0.1, -0.05) is 26.0 Å². The number of hydrogen-bond acceptors (Lipinski definition) is 7. The van der Waals surface area contributed by atoms with Gasteiger partial charge in [0, 0.05) is 50.3 Å². The molecule has 192 valence electrons. The highest BCUT2D eigenvalue weighted by Gasteiger charge is 2.32. The summed E-state index contributed by atoms with van der Waals surface area (Å²) in [7, 11) is 0. The Morgan fingerprint density at radius 3 is 2.69 bits per heavy atom. The van der Waals surface area contributed by atoms with Crippen LogP contribution in [-0.2, 0) is 11.3 Å². The summed E-state index contributed by atoms with van der Waals surface area (Å²) in [5.41, 5.74) is 3.83. The maximum absolute atomic E-state index is 13.4. The Labute approximate surface area is 211 Å². The summed E-state index contributed by atoms with van der Waals surface area (Å²) in [6.45, 7) is 8.27. The number of ether oxygens (including phenoxy) is 1. The number of nitrogens with one attached hydrogen (secondary N) is 1. The minimum Gasteiger partial charge on any atom is -0.508 e. The van der Waals surface area contributed by atoms with Crippen molar-refractivity contribution in [2.45, 2.75) is 52.2 Å². The van der Waals surface area contributed by atoms with E-state index in [1.807, 2.05) is 43.7 Å². The molecule has 3 aromatic rings. The van der Waals surface area contributed by atoms with Gasteiger partial charge in [0.15, 0.2) is 0 Å². The maximum atomic E-state index is 13.4. The average molecular weight is 494 g/mol. The first-order valence-corrected chi connectivity index (χ1v) is 12.6. The number of fused-ring (bicyclic) bond motifs is 1. The number of hydrogen-bond donors (Lipinski definition) is 3. The van der Waals surface area contributed by atoms with Crippen LogP contribution in [0.5, 0.6) is 5.75 Å². The van der Waals surface area contributed by atoms with Gasteiger partial charge in [-0.05, 0) is 49.1 Å².